The zero-order valence-corrected chi connectivity index (χ0v) is 9.84. The molecule has 0 radical (unpaired) electrons. The van der Waals surface area contributed by atoms with Crippen LogP contribution in [0.3, 0.4) is 0 Å². The molecule has 1 rings (SSSR count). The van der Waals surface area contributed by atoms with Gasteiger partial charge >= 0.3 is 0 Å². The highest BCUT2D eigenvalue weighted by Crippen LogP contribution is 2.31. The van der Waals surface area contributed by atoms with Gasteiger partial charge in [-0.15, -0.1) is 0 Å². The lowest BCUT2D eigenvalue weighted by molar-refractivity contribution is -0.0134. The smallest absolute Gasteiger partial charge is 0.0774 e. The first kappa shape index (κ1) is 12.0. The summed E-state index contributed by atoms with van der Waals surface area (Å²) in [5.41, 5.74) is -0.429. The predicted molar refractivity (Wildman–Crippen MR) is 60.3 cm³/mol. The summed E-state index contributed by atoms with van der Waals surface area (Å²) < 4.78 is 0. The van der Waals surface area contributed by atoms with Crippen molar-refractivity contribution in [3.63, 3.8) is 0 Å². The molecule has 1 aliphatic rings. The molecule has 0 heterocycles. The molecule has 0 spiro atoms. The molecular formula is C12H25NO. The molecule has 0 amide bonds. The van der Waals surface area contributed by atoms with Crippen molar-refractivity contribution in [1.29, 1.82) is 0 Å². The minimum absolute atomic E-state index is 0.429. The fraction of sp³-hybridized carbons (Fsp3) is 1.00. The van der Waals surface area contributed by atoms with Gasteiger partial charge in [-0.25, -0.2) is 0 Å². The van der Waals surface area contributed by atoms with Crippen LogP contribution >= 0.6 is 0 Å². The van der Waals surface area contributed by atoms with Crippen molar-refractivity contribution in [1.82, 2.24) is 5.32 Å². The summed E-state index contributed by atoms with van der Waals surface area (Å²) in [6.45, 7) is 7.36. The van der Waals surface area contributed by atoms with Gasteiger partial charge in [0.05, 0.1) is 5.60 Å². The lowest BCUT2D eigenvalue weighted by Crippen LogP contribution is -2.46. The normalized spacial score (nSPS) is 35.6. The minimum Gasteiger partial charge on any atom is -0.389 e. The molecule has 0 saturated heterocycles. The maximum atomic E-state index is 10.3. The van der Waals surface area contributed by atoms with E-state index in [2.05, 4.69) is 26.1 Å². The van der Waals surface area contributed by atoms with Crippen molar-refractivity contribution in [3.05, 3.63) is 0 Å². The van der Waals surface area contributed by atoms with Gasteiger partial charge in [-0.1, -0.05) is 26.7 Å². The first-order chi connectivity index (χ1) is 6.56. The summed E-state index contributed by atoms with van der Waals surface area (Å²) >= 11 is 0. The summed E-state index contributed by atoms with van der Waals surface area (Å²) in [6.07, 6.45) is 5.54. The van der Waals surface area contributed by atoms with Crippen molar-refractivity contribution >= 4 is 0 Å². The summed E-state index contributed by atoms with van der Waals surface area (Å²) in [5.74, 6) is 0.687. The number of rotatable bonds is 4. The molecule has 3 unspecified atom stereocenters. The highest BCUT2D eigenvalue weighted by Gasteiger charge is 2.32. The Bertz CT molecular complexity index is 172. The second-order valence-electron chi connectivity index (χ2n) is 5.12. The molecule has 2 N–H and O–H groups in total. The van der Waals surface area contributed by atoms with Gasteiger partial charge in [0.1, 0.15) is 0 Å². The van der Waals surface area contributed by atoms with Gasteiger partial charge < -0.3 is 10.4 Å². The summed E-state index contributed by atoms with van der Waals surface area (Å²) in [4.78, 5) is 0. The Hall–Kier alpha value is -0.0800. The zero-order valence-electron chi connectivity index (χ0n) is 9.84. The molecule has 0 bridgehead atoms. The standard InChI is InChI=1S/C12H25NO/c1-4-11(3)13-9-12(14)7-5-6-10(2)8-12/h10-11,13-14H,4-9H2,1-3H3. The molecule has 14 heavy (non-hydrogen) atoms. The van der Waals surface area contributed by atoms with E-state index in [0.717, 1.165) is 25.8 Å². The van der Waals surface area contributed by atoms with Gasteiger partial charge in [0, 0.05) is 12.6 Å². The first-order valence-corrected chi connectivity index (χ1v) is 6.01. The summed E-state index contributed by atoms with van der Waals surface area (Å²) in [5, 5.41) is 13.7. The molecule has 84 valence electrons. The molecular weight excluding hydrogens is 174 g/mol. The van der Waals surface area contributed by atoms with Crippen LogP contribution in [0.5, 0.6) is 0 Å². The van der Waals surface area contributed by atoms with E-state index in [4.69, 9.17) is 0 Å². The van der Waals surface area contributed by atoms with Crippen LogP contribution in [0.25, 0.3) is 0 Å². The fourth-order valence-electron chi connectivity index (χ4n) is 2.30. The fourth-order valence-corrected chi connectivity index (χ4v) is 2.30. The minimum atomic E-state index is -0.429. The number of aliphatic hydroxyl groups is 1. The highest BCUT2D eigenvalue weighted by molar-refractivity contribution is 4.87. The Morgan fingerprint density at radius 3 is 2.86 bits per heavy atom. The first-order valence-electron chi connectivity index (χ1n) is 6.01. The van der Waals surface area contributed by atoms with Crippen LogP contribution in [0.15, 0.2) is 0 Å². The van der Waals surface area contributed by atoms with Crippen LogP contribution < -0.4 is 5.32 Å². The quantitative estimate of drug-likeness (QED) is 0.728. The van der Waals surface area contributed by atoms with Crippen LogP contribution in [-0.2, 0) is 0 Å². The lowest BCUT2D eigenvalue weighted by atomic mass is 9.79. The second kappa shape index (κ2) is 5.13. The van der Waals surface area contributed by atoms with Crippen LogP contribution in [0, 0.1) is 5.92 Å². The van der Waals surface area contributed by atoms with Gasteiger partial charge in [0.2, 0.25) is 0 Å². The van der Waals surface area contributed by atoms with E-state index in [-0.39, 0.29) is 0 Å². The zero-order chi connectivity index (χ0) is 10.6. The van der Waals surface area contributed by atoms with E-state index >= 15 is 0 Å². The molecule has 1 aliphatic carbocycles. The number of hydrogen-bond donors (Lipinski definition) is 2. The number of nitrogens with one attached hydrogen (secondary N) is 1. The average molecular weight is 199 g/mol. The van der Waals surface area contributed by atoms with Crippen LogP contribution in [0.2, 0.25) is 0 Å². The molecule has 0 aromatic heterocycles. The maximum Gasteiger partial charge on any atom is 0.0774 e. The van der Waals surface area contributed by atoms with Gasteiger partial charge in [0.15, 0.2) is 0 Å². The van der Waals surface area contributed by atoms with Gasteiger partial charge in [-0.05, 0) is 32.1 Å². The van der Waals surface area contributed by atoms with Crippen molar-refractivity contribution in [2.75, 3.05) is 6.54 Å². The van der Waals surface area contributed by atoms with E-state index in [1.54, 1.807) is 0 Å². The Kier molecular flexibility index (Phi) is 4.39. The predicted octanol–water partition coefficient (Wildman–Crippen LogP) is 2.32. The lowest BCUT2D eigenvalue weighted by Gasteiger charge is -2.36. The van der Waals surface area contributed by atoms with Crippen LogP contribution in [-0.4, -0.2) is 23.3 Å². The van der Waals surface area contributed by atoms with E-state index < -0.39 is 5.60 Å². The largest absolute Gasteiger partial charge is 0.389 e. The topological polar surface area (TPSA) is 32.3 Å². The molecule has 0 aromatic rings. The van der Waals surface area contributed by atoms with Gasteiger partial charge in [-0.2, -0.15) is 0 Å². The molecule has 2 heteroatoms. The van der Waals surface area contributed by atoms with Crippen molar-refractivity contribution in [2.24, 2.45) is 5.92 Å². The molecule has 3 atom stereocenters. The molecule has 2 nitrogen and oxygen atoms in total. The van der Waals surface area contributed by atoms with Crippen molar-refractivity contribution < 1.29 is 5.11 Å². The van der Waals surface area contributed by atoms with E-state index in [0.29, 0.717) is 12.0 Å². The highest BCUT2D eigenvalue weighted by atomic mass is 16.3. The van der Waals surface area contributed by atoms with Gasteiger partial charge in [-0.3, -0.25) is 0 Å². The average Bonchev–Trinajstić information content (AvgIpc) is 2.14. The van der Waals surface area contributed by atoms with Crippen LogP contribution in [0.4, 0.5) is 0 Å². The Balaban J connectivity index is 2.33. The van der Waals surface area contributed by atoms with E-state index in [9.17, 15) is 5.11 Å². The van der Waals surface area contributed by atoms with Crippen LogP contribution in [0.1, 0.15) is 52.9 Å². The monoisotopic (exact) mass is 199 g/mol. The third-order valence-electron chi connectivity index (χ3n) is 3.46. The third kappa shape index (κ3) is 3.58. The Labute approximate surface area is 88.1 Å². The summed E-state index contributed by atoms with van der Waals surface area (Å²) in [6, 6.07) is 0.524. The van der Waals surface area contributed by atoms with Crippen molar-refractivity contribution in [3.8, 4) is 0 Å². The third-order valence-corrected chi connectivity index (χ3v) is 3.46. The molecule has 1 fully saturated rings. The Morgan fingerprint density at radius 2 is 2.29 bits per heavy atom. The SMILES string of the molecule is CCC(C)NCC1(O)CCCC(C)C1. The summed E-state index contributed by atoms with van der Waals surface area (Å²) in [7, 11) is 0. The maximum absolute atomic E-state index is 10.3. The van der Waals surface area contributed by atoms with E-state index in [1.807, 2.05) is 0 Å². The Morgan fingerprint density at radius 1 is 1.57 bits per heavy atom. The van der Waals surface area contributed by atoms with Gasteiger partial charge in [0.25, 0.3) is 0 Å². The second-order valence-corrected chi connectivity index (χ2v) is 5.12. The van der Waals surface area contributed by atoms with Crippen molar-refractivity contribution in [2.45, 2.75) is 64.5 Å². The number of hydrogen-bond acceptors (Lipinski definition) is 2. The molecule has 0 aliphatic heterocycles. The molecule has 1 saturated carbocycles. The molecule has 0 aromatic carbocycles. The van der Waals surface area contributed by atoms with E-state index in [1.165, 1.54) is 12.8 Å².